The van der Waals surface area contributed by atoms with Gasteiger partial charge in [-0.25, -0.2) is 13.4 Å². The molecule has 0 fully saturated rings. The quantitative estimate of drug-likeness (QED) is 0.148. The topological polar surface area (TPSA) is 111 Å². The second-order valence-corrected chi connectivity index (χ2v) is 10.5. The van der Waals surface area contributed by atoms with E-state index in [-0.39, 0.29) is 28.5 Å². The van der Waals surface area contributed by atoms with Gasteiger partial charge in [0.2, 0.25) is 5.91 Å². The van der Waals surface area contributed by atoms with Crippen LogP contribution in [0.5, 0.6) is 5.75 Å². The fraction of sp³-hybridized carbons (Fsp3) is 0.280. The highest BCUT2D eigenvalue weighted by molar-refractivity contribution is 7.91. The molecule has 0 aliphatic heterocycles. The smallest absolute Gasteiger partial charge is 0.406 e. The minimum atomic E-state index is -4.91. The number of pyridine rings is 2. The van der Waals surface area contributed by atoms with Crippen LogP contribution in [0.25, 0.3) is 11.1 Å². The van der Waals surface area contributed by atoms with Crippen molar-refractivity contribution >= 4 is 27.4 Å². The third-order valence-electron chi connectivity index (χ3n) is 5.33. The van der Waals surface area contributed by atoms with Gasteiger partial charge in [-0.05, 0) is 35.9 Å². The van der Waals surface area contributed by atoms with Crippen molar-refractivity contribution in [2.45, 2.75) is 31.3 Å². The zero-order valence-corrected chi connectivity index (χ0v) is 22.4. The molecule has 0 bridgehead atoms. The number of amidine groups is 1. The Morgan fingerprint density at radius 2 is 1.63 bits per heavy atom. The molecule has 0 unspecified atom stereocenters. The van der Waals surface area contributed by atoms with Gasteiger partial charge < -0.3 is 9.47 Å². The Morgan fingerprint density at radius 1 is 0.976 bits per heavy atom. The summed E-state index contributed by atoms with van der Waals surface area (Å²) in [5.74, 6) is -2.24. The first-order valence-electron chi connectivity index (χ1n) is 11.5. The average Bonchev–Trinajstić information content (AvgIpc) is 2.89. The van der Waals surface area contributed by atoms with Crippen LogP contribution in [0.15, 0.2) is 64.7 Å². The summed E-state index contributed by atoms with van der Waals surface area (Å²) in [7, 11) is -2.85. The number of nitrogens with zero attached hydrogens (tertiary/aromatic N) is 4. The molecule has 0 saturated heterocycles. The maximum absolute atomic E-state index is 13.2. The highest BCUT2D eigenvalue weighted by Gasteiger charge is 2.33. The molecule has 0 radical (unpaired) electrons. The Labute approximate surface area is 230 Å². The fourth-order valence-electron chi connectivity index (χ4n) is 3.48. The Balaban J connectivity index is 2.19. The highest BCUT2D eigenvalue weighted by Crippen LogP contribution is 2.32. The van der Waals surface area contributed by atoms with Crippen LogP contribution < -0.4 is 9.64 Å². The molecular formula is C25H22F6N4O5S. The molecule has 1 amide bonds. The summed E-state index contributed by atoms with van der Waals surface area (Å²) in [5.41, 5.74) is -0.907. The number of hydrogen-bond donors (Lipinski definition) is 0. The number of sulfone groups is 1. The number of anilines is 1. The first kappa shape index (κ1) is 31.5. The van der Waals surface area contributed by atoms with Crippen LogP contribution in [0.2, 0.25) is 0 Å². The van der Waals surface area contributed by atoms with Crippen LogP contribution in [-0.4, -0.2) is 56.1 Å². The van der Waals surface area contributed by atoms with Crippen molar-refractivity contribution in [3.05, 3.63) is 66.1 Å². The van der Waals surface area contributed by atoms with Crippen LogP contribution in [0.1, 0.15) is 25.1 Å². The van der Waals surface area contributed by atoms with Gasteiger partial charge in [-0.2, -0.15) is 18.2 Å². The van der Waals surface area contributed by atoms with E-state index in [2.05, 4.69) is 19.7 Å². The number of halogens is 6. The number of rotatable bonds is 8. The van der Waals surface area contributed by atoms with Crippen molar-refractivity contribution in [2.24, 2.45) is 4.99 Å². The summed E-state index contributed by atoms with van der Waals surface area (Å²) in [5, 5.41) is 0. The van der Waals surface area contributed by atoms with Gasteiger partial charge in [0.15, 0.2) is 15.7 Å². The van der Waals surface area contributed by atoms with Crippen LogP contribution in [-0.2, 0) is 25.5 Å². The molecular weight excluding hydrogens is 582 g/mol. The van der Waals surface area contributed by atoms with E-state index in [1.54, 1.807) is 0 Å². The SMILES string of the molecule is CCS(=O)(=O)c1cc(-c2ccc(OC(F)(F)F)cc2)cnc1C(=NC(C)=O)N(COC)c1ccc(C(F)(F)F)cn1. The first-order valence-corrected chi connectivity index (χ1v) is 13.2. The van der Waals surface area contributed by atoms with Gasteiger partial charge in [0.05, 0.1) is 16.2 Å². The summed E-state index contributed by atoms with van der Waals surface area (Å²) in [6, 6.07) is 7.50. The normalized spacial score (nSPS) is 12.8. The largest absolute Gasteiger partial charge is 0.573 e. The Hall–Kier alpha value is -4.05. The molecule has 1 aromatic carbocycles. The molecule has 16 heteroatoms. The van der Waals surface area contributed by atoms with Crippen LogP contribution in [0.3, 0.4) is 0 Å². The molecule has 3 aromatic rings. The van der Waals surface area contributed by atoms with Crippen molar-refractivity contribution < 1.29 is 49.0 Å². The average molecular weight is 605 g/mol. The number of carbonyl (C=O) groups excluding carboxylic acids is 1. The van der Waals surface area contributed by atoms with Crippen LogP contribution in [0.4, 0.5) is 32.2 Å². The fourth-order valence-corrected chi connectivity index (χ4v) is 4.54. The molecule has 2 heterocycles. The molecule has 0 aliphatic rings. The van der Waals surface area contributed by atoms with Gasteiger partial charge in [0, 0.05) is 32.0 Å². The van der Waals surface area contributed by atoms with Gasteiger partial charge in [-0.1, -0.05) is 19.1 Å². The number of hydrogen-bond acceptors (Lipinski definition) is 7. The van der Waals surface area contributed by atoms with E-state index >= 15 is 0 Å². The van der Waals surface area contributed by atoms with E-state index in [1.165, 1.54) is 38.4 Å². The van der Waals surface area contributed by atoms with E-state index < -0.39 is 57.0 Å². The lowest BCUT2D eigenvalue weighted by molar-refractivity contribution is -0.274. The second-order valence-electron chi connectivity index (χ2n) is 8.25. The first-order chi connectivity index (χ1) is 19.1. The minimum Gasteiger partial charge on any atom is -0.406 e. The lowest BCUT2D eigenvalue weighted by Crippen LogP contribution is -2.36. The number of methoxy groups -OCH3 is 1. The van der Waals surface area contributed by atoms with E-state index in [0.29, 0.717) is 6.20 Å². The Kier molecular flexibility index (Phi) is 9.38. The van der Waals surface area contributed by atoms with Gasteiger partial charge in [0.1, 0.15) is 24.0 Å². The molecule has 0 saturated carbocycles. The number of amides is 1. The summed E-state index contributed by atoms with van der Waals surface area (Å²) < 4.78 is 112. The monoisotopic (exact) mass is 604 g/mol. The van der Waals surface area contributed by atoms with Crippen LogP contribution >= 0.6 is 0 Å². The number of carbonyl (C=O) groups is 1. The number of alkyl halides is 6. The summed E-state index contributed by atoms with van der Waals surface area (Å²) in [4.78, 5) is 24.7. The van der Waals surface area contributed by atoms with E-state index in [4.69, 9.17) is 4.74 Å². The van der Waals surface area contributed by atoms with E-state index in [9.17, 15) is 39.6 Å². The van der Waals surface area contributed by atoms with Crippen LogP contribution in [0, 0.1) is 0 Å². The van der Waals surface area contributed by atoms with E-state index in [1.807, 2.05) is 0 Å². The third kappa shape index (κ3) is 8.00. The predicted molar refractivity (Wildman–Crippen MR) is 135 cm³/mol. The standard InChI is InChI=1S/C25H22F6N4O5S/c1-4-41(37,38)20-11-17(16-5-8-19(9-6-16)40-25(29,30)31)12-33-22(20)23(34-15(2)36)35(14-39-3)21-10-7-18(13-32-21)24(26,27)28/h5-13H,4,14H2,1-3H3. The molecule has 41 heavy (non-hydrogen) atoms. The zero-order valence-electron chi connectivity index (χ0n) is 21.6. The number of aromatic nitrogens is 2. The summed E-state index contributed by atoms with van der Waals surface area (Å²) in [6.45, 7) is 2.00. The number of aliphatic imine (C=N–C) groups is 1. The lowest BCUT2D eigenvalue weighted by Gasteiger charge is -2.25. The van der Waals surface area contributed by atoms with E-state index in [0.717, 1.165) is 36.1 Å². The predicted octanol–water partition coefficient (Wildman–Crippen LogP) is 5.26. The maximum atomic E-state index is 13.2. The van der Waals surface area contributed by atoms with Crippen molar-refractivity contribution in [3.63, 3.8) is 0 Å². The Bertz CT molecular complexity index is 1520. The number of benzene rings is 1. The molecule has 220 valence electrons. The van der Waals surface area contributed by atoms with Crippen molar-refractivity contribution in [1.29, 1.82) is 0 Å². The van der Waals surface area contributed by atoms with Gasteiger partial charge in [-0.3, -0.25) is 14.7 Å². The molecule has 0 atom stereocenters. The third-order valence-corrected chi connectivity index (χ3v) is 7.07. The second kappa shape index (κ2) is 12.2. The van der Waals surface area contributed by atoms with Gasteiger partial charge in [0.25, 0.3) is 0 Å². The zero-order chi connectivity index (χ0) is 30.6. The van der Waals surface area contributed by atoms with Gasteiger partial charge in [-0.15, -0.1) is 13.2 Å². The summed E-state index contributed by atoms with van der Waals surface area (Å²) >= 11 is 0. The maximum Gasteiger partial charge on any atom is 0.573 e. The van der Waals surface area contributed by atoms with Crippen molar-refractivity contribution in [3.8, 4) is 16.9 Å². The van der Waals surface area contributed by atoms with Gasteiger partial charge >= 0.3 is 12.5 Å². The summed E-state index contributed by atoms with van der Waals surface area (Å²) in [6.07, 6.45) is -7.83. The lowest BCUT2D eigenvalue weighted by atomic mass is 10.1. The highest BCUT2D eigenvalue weighted by atomic mass is 32.2. The molecule has 3 rings (SSSR count). The molecule has 0 aliphatic carbocycles. The molecule has 2 aromatic heterocycles. The van der Waals surface area contributed by atoms with Crippen molar-refractivity contribution in [2.75, 3.05) is 24.5 Å². The molecule has 0 spiro atoms. The Morgan fingerprint density at radius 3 is 2.12 bits per heavy atom. The molecule has 9 nitrogen and oxygen atoms in total. The minimum absolute atomic E-state index is 0.161. The van der Waals surface area contributed by atoms with Crippen molar-refractivity contribution in [1.82, 2.24) is 9.97 Å². The molecule has 0 N–H and O–H groups in total. The number of ether oxygens (including phenoxy) is 2.